The lowest BCUT2D eigenvalue weighted by Gasteiger charge is -2.03. The summed E-state index contributed by atoms with van der Waals surface area (Å²) in [6.45, 7) is 0. The van der Waals surface area contributed by atoms with Crippen LogP contribution < -0.4 is 11.5 Å². The maximum atomic E-state index is 8.81. The van der Waals surface area contributed by atoms with Crippen LogP contribution in [0.2, 0.25) is 0 Å². The molecule has 4 N–H and O–H groups in total. The summed E-state index contributed by atoms with van der Waals surface area (Å²) in [5.74, 6) is 1.38. The molecule has 2 aromatic rings. The molecule has 0 aliphatic rings. The van der Waals surface area contributed by atoms with Crippen LogP contribution in [0.3, 0.4) is 0 Å². The molecule has 0 unspecified atom stereocenters. The molecule has 1 aromatic carbocycles. The molecule has 18 heavy (non-hydrogen) atoms. The maximum Gasteiger partial charge on any atom is 0.191 e. The molecule has 0 aliphatic heterocycles. The summed E-state index contributed by atoms with van der Waals surface area (Å²) in [4.78, 5) is 8.15. The van der Waals surface area contributed by atoms with Crippen molar-refractivity contribution in [2.75, 3.05) is 11.5 Å². The second kappa shape index (κ2) is 5.38. The molecule has 0 atom stereocenters. The van der Waals surface area contributed by atoms with Crippen molar-refractivity contribution < 1.29 is 0 Å². The van der Waals surface area contributed by atoms with E-state index in [0.717, 1.165) is 5.56 Å². The Balaban J connectivity index is 2.09. The van der Waals surface area contributed by atoms with E-state index in [2.05, 4.69) is 16.0 Å². The molecule has 2 rings (SSSR count). The average Bonchev–Trinajstić information content (AvgIpc) is 2.35. The van der Waals surface area contributed by atoms with Crippen molar-refractivity contribution in [3.05, 3.63) is 41.5 Å². The minimum atomic E-state index is 0.357. The normalized spacial score (nSPS) is 9.94. The molecule has 0 aliphatic carbocycles. The van der Waals surface area contributed by atoms with E-state index in [1.807, 2.05) is 18.2 Å². The minimum absolute atomic E-state index is 0.357. The van der Waals surface area contributed by atoms with Gasteiger partial charge in [0.1, 0.15) is 11.6 Å². The van der Waals surface area contributed by atoms with E-state index >= 15 is 0 Å². The number of benzene rings is 1. The first kappa shape index (κ1) is 12.2. The molecule has 0 spiro atoms. The SMILES string of the molecule is N#Cc1cccc(CSc2nc(N)cc(N)n2)c1. The minimum Gasteiger partial charge on any atom is -0.383 e. The van der Waals surface area contributed by atoms with Gasteiger partial charge in [0, 0.05) is 11.8 Å². The number of rotatable bonds is 3. The third-order valence-corrected chi connectivity index (χ3v) is 3.09. The zero-order chi connectivity index (χ0) is 13.0. The highest BCUT2D eigenvalue weighted by atomic mass is 32.2. The topological polar surface area (TPSA) is 102 Å². The van der Waals surface area contributed by atoms with Gasteiger partial charge in [-0.25, -0.2) is 9.97 Å². The van der Waals surface area contributed by atoms with Crippen molar-refractivity contribution in [1.29, 1.82) is 5.26 Å². The Morgan fingerprint density at radius 3 is 2.56 bits per heavy atom. The fourth-order valence-corrected chi connectivity index (χ4v) is 2.22. The highest BCUT2D eigenvalue weighted by Crippen LogP contribution is 2.21. The number of nitriles is 1. The summed E-state index contributed by atoms with van der Waals surface area (Å²) in [7, 11) is 0. The van der Waals surface area contributed by atoms with Gasteiger partial charge in [0.05, 0.1) is 11.6 Å². The van der Waals surface area contributed by atoms with Gasteiger partial charge in [0.2, 0.25) is 0 Å². The second-order valence-electron chi connectivity index (χ2n) is 3.60. The fraction of sp³-hybridized carbons (Fsp3) is 0.0833. The van der Waals surface area contributed by atoms with E-state index in [9.17, 15) is 0 Å². The molecule has 1 aromatic heterocycles. The molecular weight excluding hydrogens is 246 g/mol. The third kappa shape index (κ3) is 3.12. The molecule has 0 fully saturated rings. The number of aromatic nitrogens is 2. The fourth-order valence-electron chi connectivity index (χ4n) is 1.41. The molecule has 5 nitrogen and oxygen atoms in total. The standard InChI is InChI=1S/C12H11N5S/c13-6-8-2-1-3-9(4-8)7-18-12-16-10(14)5-11(15)17-12/h1-5H,7H2,(H4,14,15,16,17). The molecule has 0 radical (unpaired) electrons. The Morgan fingerprint density at radius 1 is 1.17 bits per heavy atom. The second-order valence-corrected chi connectivity index (χ2v) is 4.54. The van der Waals surface area contributed by atoms with Crippen LogP contribution in [0, 0.1) is 11.3 Å². The van der Waals surface area contributed by atoms with E-state index in [-0.39, 0.29) is 0 Å². The van der Waals surface area contributed by atoms with Gasteiger partial charge in [-0.15, -0.1) is 0 Å². The summed E-state index contributed by atoms with van der Waals surface area (Å²) in [6.07, 6.45) is 0. The van der Waals surface area contributed by atoms with Crippen LogP contribution in [0.5, 0.6) is 0 Å². The molecule has 6 heteroatoms. The predicted molar refractivity (Wildman–Crippen MR) is 71.6 cm³/mol. The summed E-state index contributed by atoms with van der Waals surface area (Å²) in [6, 6.07) is 11.0. The van der Waals surface area contributed by atoms with Crippen molar-refractivity contribution >= 4 is 23.4 Å². The van der Waals surface area contributed by atoms with Crippen LogP contribution in [0.25, 0.3) is 0 Å². The molecule has 0 bridgehead atoms. The van der Waals surface area contributed by atoms with Crippen LogP contribution in [-0.4, -0.2) is 9.97 Å². The summed E-state index contributed by atoms with van der Waals surface area (Å²) >= 11 is 1.43. The van der Waals surface area contributed by atoms with Gasteiger partial charge in [-0.1, -0.05) is 23.9 Å². The molecule has 90 valence electrons. The van der Waals surface area contributed by atoms with Crippen molar-refractivity contribution in [2.45, 2.75) is 10.9 Å². The quantitative estimate of drug-likeness (QED) is 0.642. The van der Waals surface area contributed by atoms with Crippen LogP contribution in [0.1, 0.15) is 11.1 Å². The number of hydrogen-bond acceptors (Lipinski definition) is 6. The number of hydrogen-bond donors (Lipinski definition) is 2. The molecule has 1 heterocycles. The van der Waals surface area contributed by atoms with E-state index in [1.165, 1.54) is 17.8 Å². The van der Waals surface area contributed by atoms with Gasteiger partial charge < -0.3 is 11.5 Å². The lowest BCUT2D eigenvalue weighted by Crippen LogP contribution is -1.99. The van der Waals surface area contributed by atoms with Crippen LogP contribution >= 0.6 is 11.8 Å². The monoisotopic (exact) mass is 257 g/mol. The van der Waals surface area contributed by atoms with E-state index in [0.29, 0.717) is 28.1 Å². The zero-order valence-electron chi connectivity index (χ0n) is 9.50. The van der Waals surface area contributed by atoms with E-state index < -0.39 is 0 Å². The highest BCUT2D eigenvalue weighted by molar-refractivity contribution is 7.98. The van der Waals surface area contributed by atoms with Crippen molar-refractivity contribution in [1.82, 2.24) is 9.97 Å². The van der Waals surface area contributed by atoms with Gasteiger partial charge >= 0.3 is 0 Å². The molecule has 0 amide bonds. The van der Waals surface area contributed by atoms with E-state index in [1.54, 1.807) is 6.07 Å². The largest absolute Gasteiger partial charge is 0.383 e. The Kier molecular flexibility index (Phi) is 3.65. The number of nitrogens with zero attached hydrogens (tertiary/aromatic N) is 3. The zero-order valence-corrected chi connectivity index (χ0v) is 10.3. The van der Waals surface area contributed by atoms with Gasteiger partial charge in [0.15, 0.2) is 5.16 Å². The Bertz CT molecular complexity index is 585. The Labute approximate surface area is 109 Å². The summed E-state index contributed by atoms with van der Waals surface area (Å²) < 4.78 is 0. The Hall–Kier alpha value is -2.26. The average molecular weight is 257 g/mol. The molecular formula is C12H11N5S. The first-order chi connectivity index (χ1) is 8.67. The van der Waals surface area contributed by atoms with Crippen molar-refractivity contribution in [2.24, 2.45) is 0 Å². The van der Waals surface area contributed by atoms with Crippen molar-refractivity contribution in [3.8, 4) is 6.07 Å². The smallest absolute Gasteiger partial charge is 0.191 e. The first-order valence-electron chi connectivity index (χ1n) is 5.19. The number of nitrogen functional groups attached to an aromatic ring is 2. The number of anilines is 2. The number of nitrogens with two attached hydrogens (primary N) is 2. The predicted octanol–water partition coefficient (Wildman–Crippen LogP) is 1.80. The number of thioether (sulfide) groups is 1. The van der Waals surface area contributed by atoms with Gasteiger partial charge in [-0.3, -0.25) is 0 Å². The van der Waals surface area contributed by atoms with Crippen LogP contribution in [0.15, 0.2) is 35.5 Å². The third-order valence-electron chi connectivity index (χ3n) is 2.17. The molecule has 0 saturated carbocycles. The summed E-state index contributed by atoms with van der Waals surface area (Å²) in [5.41, 5.74) is 12.8. The lowest BCUT2D eigenvalue weighted by atomic mass is 10.2. The van der Waals surface area contributed by atoms with Crippen LogP contribution in [-0.2, 0) is 5.75 Å². The Morgan fingerprint density at radius 2 is 1.89 bits per heavy atom. The summed E-state index contributed by atoms with van der Waals surface area (Å²) in [5, 5.41) is 9.34. The van der Waals surface area contributed by atoms with Gasteiger partial charge in [-0.05, 0) is 17.7 Å². The van der Waals surface area contributed by atoms with Crippen molar-refractivity contribution in [3.63, 3.8) is 0 Å². The van der Waals surface area contributed by atoms with Gasteiger partial charge in [0.25, 0.3) is 0 Å². The van der Waals surface area contributed by atoms with Crippen LogP contribution in [0.4, 0.5) is 11.6 Å². The highest BCUT2D eigenvalue weighted by Gasteiger charge is 2.03. The van der Waals surface area contributed by atoms with E-state index in [4.69, 9.17) is 16.7 Å². The molecule has 0 saturated heterocycles. The lowest BCUT2D eigenvalue weighted by molar-refractivity contribution is 0.984. The van der Waals surface area contributed by atoms with Gasteiger partial charge in [-0.2, -0.15) is 5.26 Å². The first-order valence-corrected chi connectivity index (χ1v) is 6.18. The maximum absolute atomic E-state index is 8.81.